The van der Waals surface area contributed by atoms with Gasteiger partial charge in [-0.05, 0) is 44.3 Å². The number of nitrogens with zero attached hydrogens (tertiary/aromatic N) is 4. The third-order valence-electron chi connectivity index (χ3n) is 6.32. The van der Waals surface area contributed by atoms with Crippen molar-refractivity contribution in [2.24, 2.45) is 0 Å². The number of rotatable bonds is 4. The Bertz CT molecular complexity index is 1090. The smallest absolute Gasteiger partial charge is 0.271 e. The van der Waals surface area contributed by atoms with Crippen molar-refractivity contribution in [3.63, 3.8) is 0 Å². The fourth-order valence-corrected chi connectivity index (χ4v) is 5.64. The molecule has 2 fully saturated rings. The molecule has 5 rings (SSSR count). The number of fused-ring (bicyclic) bond motifs is 1. The van der Waals surface area contributed by atoms with Gasteiger partial charge in [0.25, 0.3) is 11.5 Å². The first-order valence-corrected chi connectivity index (χ1v) is 11.6. The van der Waals surface area contributed by atoms with Gasteiger partial charge in [-0.25, -0.2) is 4.98 Å². The molecule has 0 bridgehead atoms. The molecular weight excluding hydrogens is 396 g/mol. The van der Waals surface area contributed by atoms with Crippen LogP contribution in [0.1, 0.15) is 46.5 Å². The van der Waals surface area contributed by atoms with Gasteiger partial charge in [0.1, 0.15) is 5.56 Å². The van der Waals surface area contributed by atoms with E-state index in [9.17, 15) is 9.59 Å². The lowest BCUT2D eigenvalue weighted by molar-refractivity contribution is 0.0642. The van der Waals surface area contributed by atoms with E-state index < -0.39 is 0 Å². The molecule has 3 aromatic rings. The van der Waals surface area contributed by atoms with Crippen LogP contribution in [0.2, 0.25) is 0 Å². The minimum absolute atomic E-state index is 0.177. The predicted octanol–water partition coefficient (Wildman–Crippen LogP) is 3.05. The maximum atomic E-state index is 13.1. The van der Waals surface area contributed by atoms with Gasteiger partial charge in [0.15, 0.2) is 4.96 Å². The molecule has 6 nitrogen and oxygen atoms in total. The van der Waals surface area contributed by atoms with Crippen molar-refractivity contribution >= 4 is 22.2 Å². The number of likely N-dealkylation sites (tertiary alicyclic amines) is 2. The van der Waals surface area contributed by atoms with E-state index in [0.717, 1.165) is 24.1 Å². The van der Waals surface area contributed by atoms with Crippen molar-refractivity contribution in [2.75, 3.05) is 26.2 Å². The quantitative estimate of drug-likeness (QED) is 0.649. The number of hydrogen-bond donors (Lipinski definition) is 0. The van der Waals surface area contributed by atoms with Gasteiger partial charge in [-0.3, -0.25) is 14.0 Å². The van der Waals surface area contributed by atoms with Crippen LogP contribution in [0.5, 0.6) is 0 Å². The summed E-state index contributed by atoms with van der Waals surface area (Å²) in [5, 5.41) is 0. The normalized spacial score (nSPS) is 18.3. The first kappa shape index (κ1) is 19.5. The number of benzene rings is 1. The number of aromatic nitrogens is 2. The van der Waals surface area contributed by atoms with Gasteiger partial charge in [0.05, 0.1) is 0 Å². The molecule has 0 aliphatic carbocycles. The average molecular weight is 423 g/mol. The predicted molar refractivity (Wildman–Crippen MR) is 118 cm³/mol. The molecule has 0 unspecified atom stereocenters. The van der Waals surface area contributed by atoms with Gasteiger partial charge in [-0.2, -0.15) is 0 Å². The minimum atomic E-state index is -0.262. The van der Waals surface area contributed by atoms with E-state index >= 15 is 0 Å². The number of amides is 1. The molecule has 30 heavy (non-hydrogen) atoms. The van der Waals surface area contributed by atoms with E-state index in [1.165, 1.54) is 53.4 Å². The van der Waals surface area contributed by atoms with Crippen LogP contribution in [-0.4, -0.2) is 57.3 Å². The van der Waals surface area contributed by atoms with E-state index in [1.807, 2.05) is 29.3 Å². The molecule has 7 heteroatoms. The summed E-state index contributed by atoms with van der Waals surface area (Å²) in [5.41, 5.74) is 1.10. The molecule has 4 heterocycles. The Balaban J connectivity index is 1.32. The van der Waals surface area contributed by atoms with Crippen molar-refractivity contribution in [3.8, 4) is 0 Å². The lowest BCUT2D eigenvalue weighted by Crippen LogP contribution is -2.47. The monoisotopic (exact) mass is 422 g/mol. The van der Waals surface area contributed by atoms with Gasteiger partial charge in [0.2, 0.25) is 0 Å². The molecule has 0 spiro atoms. The van der Waals surface area contributed by atoms with E-state index in [4.69, 9.17) is 0 Å². The Morgan fingerprint density at radius 2 is 1.80 bits per heavy atom. The SMILES string of the molecule is O=C(c1cnc2sc(Cc3ccccc3)cn2c1=O)N1CCC(N2CCCC2)CC1. The molecule has 2 aromatic heterocycles. The second-order valence-corrected chi connectivity index (χ2v) is 9.35. The van der Waals surface area contributed by atoms with Gasteiger partial charge >= 0.3 is 0 Å². The number of hydrogen-bond acceptors (Lipinski definition) is 5. The molecule has 0 N–H and O–H groups in total. The number of carbonyl (C=O) groups is 1. The Kier molecular flexibility index (Phi) is 5.39. The summed E-state index contributed by atoms with van der Waals surface area (Å²) in [5.74, 6) is -0.183. The molecule has 1 amide bonds. The largest absolute Gasteiger partial charge is 0.338 e. The molecule has 156 valence electrons. The first-order chi connectivity index (χ1) is 14.7. The van der Waals surface area contributed by atoms with Crippen LogP contribution < -0.4 is 5.56 Å². The fourth-order valence-electron chi connectivity index (χ4n) is 4.67. The average Bonchev–Trinajstić information content (AvgIpc) is 3.45. The van der Waals surface area contributed by atoms with Gasteiger partial charge in [-0.15, -0.1) is 11.3 Å². The summed E-state index contributed by atoms with van der Waals surface area (Å²) in [7, 11) is 0. The van der Waals surface area contributed by atoms with Gasteiger partial charge in [-0.1, -0.05) is 30.3 Å². The van der Waals surface area contributed by atoms with Crippen molar-refractivity contribution < 1.29 is 4.79 Å². The molecule has 0 atom stereocenters. The Labute approximate surface area is 179 Å². The summed E-state index contributed by atoms with van der Waals surface area (Å²) in [4.78, 5) is 36.6. The Hall–Kier alpha value is -2.51. The van der Waals surface area contributed by atoms with Crippen molar-refractivity contribution in [2.45, 2.75) is 38.1 Å². The lowest BCUT2D eigenvalue weighted by atomic mass is 10.0. The van der Waals surface area contributed by atoms with Crippen LogP contribution in [-0.2, 0) is 6.42 Å². The zero-order chi connectivity index (χ0) is 20.5. The molecular formula is C23H26N4O2S. The van der Waals surface area contributed by atoms with Crippen LogP contribution in [0.3, 0.4) is 0 Å². The molecule has 0 radical (unpaired) electrons. The highest BCUT2D eigenvalue weighted by Crippen LogP contribution is 2.22. The summed E-state index contributed by atoms with van der Waals surface area (Å²) >= 11 is 1.50. The van der Waals surface area contributed by atoms with E-state index in [-0.39, 0.29) is 17.0 Å². The number of carbonyl (C=O) groups excluding carboxylic acids is 1. The summed E-state index contributed by atoms with van der Waals surface area (Å²) in [6.07, 6.45) is 8.60. The third-order valence-corrected chi connectivity index (χ3v) is 7.31. The molecule has 1 aromatic carbocycles. The number of piperidine rings is 1. The third kappa shape index (κ3) is 3.79. The summed E-state index contributed by atoms with van der Waals surface area (Å²) in [6, 6.07) is 10.7. The standard InChI is InChI=1S/C23H26N4O2S/c28-21(26-12-8-18(9-13-26)25-10-4-5-11-25)20-15-24-23-27(22(20)29)16-19(30-23)14-17-6-2-1-3-7-17/h1-3,6-7,15-16,18H,4-5,8-14H2. The lowest BCUT2D eigenvalue weighted by Gasteiger charge is -2.36. The zero-order valence-corrected chi connectivity index (χ0v) is 17.8. The van der Waals surface area contributed by atoms with Crippen LogP contribution in [0, 0.1) is 0 Å². The highest BCUT2D eigenvalue weighted by molar-refractivity contribution is 7.17. The highest BCUT2D eigenvalue weighted by Gasteiger charge is 2.29. The van der Waals surface area contributed by atoms with Crippen LogP contribution in [0.15, 0.2) is 47.5 Å². The minimum Gasteiger partial charge on any atom is -0.338 e. The second kappa shape index (κ2) is 8.32. The zero-order valence-electron chi connectivity index (χ0n) is 17.0. The van der Waals surface area contributed by atoms with Crippen LogP contribution in [0.25, 0.3) is 4.96 Å². The second-order valence-electron chi connectivity index (χ2n) is 8.26. The molecule has 2 aliphatic rings. The van der Waals surface area contributed by atoms with Gasteiger partial charge in [0, 0.05) is 42.8 Å². The van der Waals surface area contributed by atoms with Gasteiger partial charge < -0.3 is 9.80 Å². The first-order valence-electron chi connectivity index (χ1n) is 10.8. The van der Waals surface area contributed by atoms with E-state index in [0.29, 0.717) is 24.1 Å². The maximum Gasteiger partial charge on any atom is 0.271 e. The molecule has 0 saturated carbocycles. The Morgan fingerprint density at radius 3 is 2.53 bits per heavy atom. The Morgan fingerprint density at radius 1 is 1.07 bits per heavy atom. The highest BCUT2D eigenvalue weighted by atomic mass is 32.1. The van der Waals surface area contributed by atoms with Crippen molar-refractivity contribution in [3.05, 3.63) is 69.1 Å². The molecule has 2 saturated heterocycles. The van der Waals surface area contributed by atoms with E-state index in [2.05, 4.69) is 22.0 Å². The maximum absolute atomic E-state index is 13.1. The number of thiazole rings is 1. The topological polar surface area (TPSA) is 57.9 Å². The van der Waals surface area contributed by atoms with Crippen LogP contribution in [0.4, 0.5) is 0 Å². The van der Waals surface area contributed by atoms with Crippen molar-refractivity contribution in [1.29, 1.82) is 0 Å². The molecule has 2 aliphatic heterocycles. The van der Waals surface area contributed by atoms with E-state index in [1.54, 1.807) is 0 Å². The fraction of sp³-hybridized carbons (Fsp3) is 0.435. The summed E-state index contributed by atoms with van der Waals surface area (Å²) in [6.45, 7) is 3.80. The van der Waals surface area contributed by atoms with Crippen LogP contribution >= 0.6 is 11.3 Å². The summed E-state index contributed by atoms with van der Waals surface area (Å²) < 4.78 is 1.53. The van der Waals surface area contributed by atoms with Crippen molar-refractivity contribution in [1.82, 2.24) is 19.2 Å².